The van der Waals surface area contributed by atoms with E-state index in [2.05, 4.69) is 10.1 Å². The summed E-state index contributed by atoms with van der Waals surface area (Å²) in [7, 11) is -1.18. The van der Waals surface area contributed by atoms with Crippen molar-refractivity contribution < 1.29 is 27.1 Å². The molecule has 1 aromatic heterocycles. The first-order valence-corrected chi connectivity index (χ1v) is 9.88. The lowest BCUT2D eigenvalue weighted by molar-refractivity contribution is 0.0598. The molecule has 8 nitrogen and oxygen atoms in total. The molecule has 0 bridgehead atoms. The number of methoxy groups -OCH3 is 2. The van der Waals surface area contributed by atoms with Crippen LogP contribution in [0.25, 0.3) is 0 Å². The molecule has 2 aromatic rings. The van der Waals surface area contributed by atoms with Crippen LogP contribution < -0.4 is 10.1 Å². The maximum Gasteiger partial charge on any atom is 0.341 e. The van der Waals surface area contributed by atoms with Gasteiger partial charge in [-0.3, -0.25) is 0 Å². The van der Waals surface area contributed by atoms with Crippen LogP contribution in [0.3, 0.4) is 0 Å². The van der Waals surface area contributed by atoms with E-state index in [4.69, 9.17) is 9.15 Å². The number of carbonyl (C=O) groups is 1. The van der Waals surface area contributed by atoms with Crippen molar-refractivity contribution in [2.24, 2.45) is 0 Å². The zero-order valence-corrected chi connectivity index (χ0v) is 16.2. The first kappa shape index (κ1) is 19.4. The van der Waals surface area contributed by atoms with Crippen LogP contribution in [-0.4, -0.2) is 52.5 Å². The molecule has 0 saturated carbocycles. The van der Waals surface area contributed by atoms with Crippen LogP contribution in [-0.2, 0) is 14.8 Å². The van der Waals surface area contributed by atoms with Gasteiger partial charge < -0.3 is 19.2 Å². The summed E-state index contributed by atoms with van der Waals surface area (Å²) in [6.45, 7) is 2.73. The number of hydrogen-bond acceptors (Lipinski definition) is 7. The van der Waals surface area contributed by atoms with Gasteiger partial charge in [-0.15, -0.1) is 0 Å². The van der Waals surface area contributed by atoms with Gasteiger partial charge in [-0.2, -0.15) is 4.31 Å². The van der Waals surface area contributed by atoms with Gasteiger partial charge in [0.15, 0.2) is 0 Å². The zero-order chi connectivity index (χ0) is 19.6. The summed E-state index contributed by atoms with van der Waals surface area (Å²) in [6.07, 6.45) is 0. The third-order valence-corrected chi connectivity index (χ3v) is 6.32. The van der Waals surface area contributed by atoms with E-state index in [9.17, 15) is 13.2 Å². The van der Waals surface area contributed by atoms with Crippen LogP contribution in [0, 0.1) is 6.92 Å². The highest BCUT2D eigenvalue weighted by molar-refractivity contribution is 7.89. The van der Waals surface area contributed by atoms with Crippen molar-refractivity contribution in [2.45, 2.75) is 18.1 Å². The molecule has 9 heteroatoms. The molecule has 1 unspecified atom stereocenters. The Morgan fingerprint density at radius 2 is 2.04 bits per heavy atom. The third kappa shape index (κ3) is 3.58. The average Bonchev–Trinajstić information content (AvgIpc) is 3.10. The van der Waals surface area contributed by atoms with Crippen molar-refractivity contribution in [3.63, 3.8) is 0 Å². The molecule has 3 rings (SSSR count). The molecule has 1 N–H and O–H groups in total. The zero-order valence-electron chi connectivity index (χ0n) is 15.4. The number of furan rings is 1. The predicted octanol–water partition coefficient (Wildman–Crippen LogP) is 1.72. The van der Waals surface area contributed by atoms with Crippen LogP contribution in [0.15, 0.2) is 39.8 Å². The van der Waals surface area contributed by atoms with E-state index in [1.54, 1.807) is 13.2 Å². The molecule has 1 saturated heterocycles. The van der Waals surface area contributed by atoms with Crippen LogP contribution in [0.2, 0.25) is 0 Å². The molecule has 0 aliphatic carbocycles. The third-order valence-electron chi connectivity index (χ3n) is 4.56. The van der Waals surface area contributed by atoms with Crippen molar-refractivity contribution in [2.75, 3.05) is 33.9 Å². The normalized spacial score (nSPS) is 18.3. The smallest absolute Gasteiger partial charge is 0.341 e. The first-order valence-electron chi connectivity index (χ1n) is 8.44. The fourth-order valence-electron chi connectivity index (χ4n) is 3.19. The maximum atomic E-state index is 13.3. The van der Waals surface area contributed by atoms with Crippen molar-refractivity contribution in [3.8, 4) is 5.75 Å². The summed E-state index contributed by atoms with van der Waals surface area (Å²) >= 11 is 0. The Morgan fingerprint density at radius 1 is 1.30 bits per heavy atom. The summed E-state index contributed by atoms with van der Waals surface area (Å²) in [5.41, 5.74) is 0.854. The van der Waals surface area contributed by atoms with E-state index in [1.807, 2.05) is 18.2 Å². The summed E-state index contributed by atoms with van der Waals surface area (Å²) in [5, 5.41) is 2.94. The molecule has 146 valence electrons. The second-order valence-corrected chi connectivity index (χ2v) is 7.93. The minimum absolute atomic E-state index is 0.0973. The molecule has 2 heterocycles. The number of hydrogen-bond donors (Lipinski definition) is 1. The summed E-state index contributed by atoms with van der Waals surface area (Å²) in [6, 6.07) is 8.05. The standard InChI is InChI=1S/C18H22N2O6S/c1-12-14(18(21)25-3)10-17(26-12)27(22,23)20-9-8-19-11-15(20)13-6-4-5-7-16(13)24-2/h4-7,10,15,19H,8-9,11H2,1-3H3. The molecule has 27 heavy (non-hydrogen) atoms. The summed E-state index contributed by atoms with van der Waals surface area (Å²) in [4.78, 5) is 11.8. The number of ether oxygens (including phenoxy) is 2. The largest absolute Gasteiger partial charge is 0.496 e. The Bertz CT molecular complexity index is 937. The van der Waals surface area contributed by atoms with Gasteiger partial charge in [-0.25, -0.2) is 13.2 Å². The average molecular weight is 394 g/mol. The van der Waals surface area contributed by atoms with Gasteiger partial charge in [0, 0.05) is 31.3 Å². The number of carbonyl (C=O) groups excluding carboxylic acids is 1. The number of esters is 1. The molecule has 1 aliphatic heterocycles. The van der Waals surface area contributed by atoms with Gasteiger partial charge in [-0.05, 0) is 13.0 Å². The van der Waals surface area contributed by atoms with Gasteiger partial charge in [0.1, 0.15) is 17.1 Å². The molecule has 1 aliphatic rings. The quantitative estimate of drug-likeness (QED) is 0.771. The van der Waals surface area contributed by atoms with E-state index in [0.29, 0.717) is 18.8 Å². The highest BCUT2D eigenvalue weighted by Gasteiger charge is 2.38. The lowest BCUT2D eigenvalue weighted by Gasteiger charge is -2.35. The van der Waals surface area contributed by atoms with Crippen molar-refractivity contribution in [1.82, 2.24) is 9.62 Å². The number of aryl methyl sites for hydroxylation is 1. The number of benzene rings is 1. The number of rotatable bonds is 5. The van der Waals surface area contributed by atoms with E-state index in [0.717, 1.165) is 5.56 Å². The van der Waals surface area contributed by atoms with Crippen LogP contribution >= 0.6 is 0 Å². The van der Waals surface area contributed by atoms with E-state index in [1.165, 1.54) is 24.4 Å². The molecule has 0 amide bonds. The Balaban J connectivity index is 2.02. The Kier molecular flexibility index (Phi) is 5.54. The molecule has 0 spiro atoms. The monoisotopic (exact) mass is 394 g/mol. The van der Waals surface area contributed by atoms with Crippen LogP contribution in [0.5, 0.6) is 5.75 Å². The van der Waals surface area contributed by atoms with Gasteiger partial charge in [0.25, 0.3) is 10.0 Å². The Morgan fingerprint density at radius 3 is 2.74 bits per heavy atom. The fraction of sp³-hybridized carbons (Fsp3) is 0.389. The number of sulfonamides is 1. The second kappa shape index (κ2) is 7.71. The second-order valence-electron chi connectivity index (χ2n) is 6.10. The van der Waals surface area contributed by atoms with Crippen LogP contribution in [0.1, 0.15) is 27.7 Å². The van der Waals surface area contributed by atoms with Crippen molar-refractivity contribution >= 4 is 16.0 Å². The van der Waals surface area contributed by atoms with Gasteiger partial charge in [-0.1, -0.05) is 18.2 Å². The Hall–Kier alpha value is -2.36. The Labute approximate surface area is 158 Å². The molecular formula is C18H22N2O6S. The van der Waals surface area contributed by atoms with Crippen molar-refractivity contribution in [3.05, 3.63) is 47.2 Å². The number of para-hydroxylation sites is 1. The van der Waals surface area contributed by atoms with Gasteiger partial charge in [0.05, 0.1) is 20.3 Å². The predicted molar refractivity (Wildman–Crippen MR) is 97.3 cm³/mol. The lowest BCUT2D eigenvalue weighted by atomic mass is 10.0. The van der Waals surface area contributed by atoms with Gasteiger partial charge in [0.2, 0.25) is 5.09 Å². The van der Waals surface area contributed by atoms with Gasteiger partial charge >= 0.3 is 5.97 Å². The summed E-state index contributed by atoms with van der Waals surface area (Å²) < 4.78 is 43.4. The molecule has 0 radical (unpaired) electrons. The highest BCUT2D eigenvalue weighted by Crippen LogP contribution is 2.34. The van der Waals surface area contributed by atoms with E-state index < -0.39 is 22.0 Å². The molecule has 1 fully saturated rings. The minimum Gasteiger partial charge on any atom is -0.496 e. The highest BCUT2D eigenvalue weighted by atomic mass is 32.2. The van der Waals surface area contributed by atoms with Crippen LogP contribution in [0.4, 0.5) is 0 Å². The number of nitrogens with zero attached hydrogens (tertiary/aromatic N) is 1. The lowest BCUT2D eigenvalue weighted by Crippen LogP contribution is -2.48. The molecular weight excluding hydrogens is 372 g/mol. The minimum atomic E-state index is -3.96. The summed E-state index contributed by atoms with van der Waals surface area (Å²) in [5.74, 6) is 0.168. The number of nitrogens with one attached hydrogen (secondary N) is 1. The SMILES string of the molecule is COC(=O)c1cc(S(=O)(=O)N2CCNCC2c2ccccc2OC)oc1C. The topological polar surface area (TPSA) is 98.1 Å². The number of piperazine rings is 1. The molecule has 1 aromatic carbocycles. The van der Waals surface area contributed by atoms with Crippen molar-refractivity contribution in [1.29, 1.82) is 0 Å². The van der Waals surface area contributed by atoms with E-state index in [-0.39, 0.29) is 23.0 Å². The maximum absolute atomic E-state index is 13.3. The fourth-order valence-corrected chi connectivity index (χ4v) is 4.77. The first-order chi connectivity index (χ1) is 12.9. The van der Waals surface area contributed by atoms with E-state index >= 15 is 0 Å². The molecule has 1 atom stereocenters.